The number of fused-ring (bicyclic) bond motifs is 1. The van der Waals surface area contributed by atoms with E-state index in [1.54, 1.807) is 19.4 Å². The molecule has 0 radical (unpaired) electrons. The lowest BCUT2D eigenvalue weighted by atomic mass is 10.0. The molecule has 0 aliphatic heterocycles. The number of phenolic OH excluding ortho intramolecular Hbond substituents is 1. The summed E-state index contributed by atoms with van der Waals surface area (Å²) < 4.78 is 5.18. The highest BCUT2D eigenvalue weighted by atomic mass is 32.1. The fourth-order valence-electron chi connectivity index (χ4n) is 2.76. The van der Waals surface area contributed by atoms with Gasteiger partial charge in [0.15, 0.2) is 0 Å². The van der Waals surface area contributed by atoms with Crippen LogP contribution in [0, 0.1) is 0 Å². The number of aliphatic imine (C=N–C) groups is 1. The van der Waals surface area contributed by atoms with E-state index in [0.717, 1.165) is 27.8 Å². The van der Waals surface area contributed by atoms with Crippen molar-refractivity contribution in [3.8, 4) is 22.8 Å². The van der Waals surface area contributed by atoms with Crippen molar-refractivity contribution in [3.05, 3.63) is 71.6 Å². The molecule has 1 N–H and O–H groups in total. The van der Waals surface area contributed by atoms with E-state index in [9.17, 15) is 5.11 Å². The van der Waals surface area contributed by atoms with Crippen LogP contribution in [0.25, 0.3) is 22.0 Å². The molecule has 0 fully saturated rings. The highest BCUT2D eigenvalue weighted by Crippen LogP contribution is 2.29. The van der Waals surface area contributed by atoms with Crippen molar-refractivity contribution in [2.24, 2.45) is 4.99 Å². The predicted molar refractivity (Wildman–Crippen MR) is 107 cm³/mol. The van der Waals surface area contributed by atoms with E-state index in [2.05, 4.69) is 9.98 Å². The lowest BCUT2D eigenvalue weighted by Crippen LogP contribution is -1.85. The van der Waals surface area contributed by atoms with Gasteiger partial charge in [-0.15, -0.1) is 11.3 Å². The Labute approximate surface area is 155 Å². The lowest BCUT2D eigenvalue weighted by molar-refractivity contribution is 0.415. The number of hydrogen-bond acceptors (Lipinski definition) is 5. The van der Waals surface area contributed by atoms with Gasteiger partial charge in [0.1, 0.15) is 11.5 Å². The molecule has 0 bridgehead atoms. The first-order valence-electron chi connectivity index (χ1n) is 8.09. The summed E-state index contributed by atoms with van der Waals surface area (Å²) >= 11 is 1.46. The second kappa shape index (κ2) is 6.98. The van der Waals surface area contributed by atoms with Crippen LogP contribution in [-0.2, 0) is 0 Å². The monoisotopic (exact) mass is 360 g/mol. The molecule has 0 aliphatic carbocycles. The zero-order valence-corrected chi connectivity index (χ0v) is 14.9. The van der Waals surface area contributed by atoms with Gasteiger partial charge in [0, 0.05) is 22.7 Å². The number of ether oxygens (including phenoxy) is 1. The van der Waals surface area contributed by atoms with Crippen LogP contribution >= 0.6 is 11.3 Å². The Balaban J connectivity index is 1.64. The van der Waals surface area contributed by atoms with Gasteiger partial charge >= 0.3 is 0 Å². The normalized spacial score (nSPS) is 11.3. The maximum atomic E-state index is 10.2. The van der Waals surface area contributed by atoms with Gasteiger partial charge in [-0.25, -0.2) is 9.98 Å². The SMILES string of the molecule is COc1ccc(-c2csc(/N=C/c3c(O)ccc4ccccc34)n2)cc1. The molecule has 0 spiro atoms. The molecule has 26 heavy (non-hydrogen) atoms. The smallest absolute Gasteiger partial charge is 0.209 e. The van der Waals surface area contributed by atoms with Crippen LogP contribution in [-0.4, -0.2) is 23.4 Å². The van der Waals surface area contributed by atoms with Gasteiger partial charge in [0.25, 0.3) is 0 Å². The summed E-state index contributed by atoms with van der Waals surface area (Å²) in [6.07, 6.45) is 1.67. The molecule has 0 saturated carbocycles. The van der Waals surface area contributed by atoms with Gasteiger partial charge in [0.05, 0.1) is 12.8 Å². The summed E-state index contributed by atoms with van der Waals surface area (Å²) in [7, 11) is 1.65. The molecule has 5 heteroatoms. The second-order valence-corrected chi connectivity index (χ2v) is 6.56. The average Bonchev–Trinajstić information content (AvgIpc) is 3.16. The molecular formula is C21H16N2O2S. The molecule has 3 aromatic carbocycles. The molecule has 0 amide bonds. The summed E-state index contributed by atoms with van der Waals surface area (Å²) in [6.45, 7) is 0. The zero-order chi connectivity index (χ0) is 17.9. The number of hydrogen-bond donors (Lipinski definition) is 1. The van der Waals surface area contributed by atoms with Gasteiger partial charge in [-0.05, 0) is 41.1 Å². The molecule has 0 saturated heterocycles. The average molecular weight is 360 g/mol. The number of methoxy groups -OCH3 is 1. The van der Waals surface area contributed by atoms with Crippen LogP contribution < -0.4 is 4.74 Å². The van der Waals surface area contributed by atoms with E-state index in [1.165, 1.54) is 11.3 Å². The molecule has 1 aromatic heterocycles. The first kappa shape index (κ1) is 16.3. The van der Waals surface area contributed by atoms with Gasteiger partial charge in [-0.3, -0.25) is 0 Å². The van der Waals surface area contributed by atoms with Gasteiger partial charge in [-0.1, -0.05) is 30.3 Å². The molecule has 1 heterocycles. The van der Waals surface area contributed by atoms with E-state index in [-0.39, 0.29) is 5.75 Å². The van der Waals surface area contributed by atoms with Crippen LogP contribution in [0.4, 0.5) is 5.13 Å². The number of aromatic nitrogens is 1. The summed E-state index contributed by atoms with van der Waals surface area (Å²) in [5.41, 5.74) is 2.58. The first-order valence-corrected chi connectivity index (χ1v) is 8.97. The van der Waals surface area contributed by atoms with Crippen molar-refractivity contribution in [2.75, 3.05) is 7.11 Å². The minimum absolute atomic E-state index is 0.208. The highest BCUT2D eigenvalue weighted by Gasteiger charge is 2.06. The third kappa shape index (κ3) is 3.17. The summed E-state index contributed by atoms with van der Waals surface area (Å²) in [5.74, 6) is 1.02. The van der Waals surface area contributed by atoms with Crippen LogP contribution in [0.3, 0.4) is 0 Å². The van der Waals surface area contributed by atoms with Gasteiger partial charge in [0.2, 0.25) is 5.13 Å². The molecule has 0 atom stereocenters. The zero-order valence-electron chi connectivity index (χ0n) is 14.1. The Kier molecular flexibility index (Phi) is 4.37. The Morgan fingerprint density at radius 2 is 1.85 bits per heavy atom. The largest absolute Gasteiger partial charge is 0.507 e. The molecular weight excluding hydrogens is 344 g/mol. The summed E-state index contributed by atoms with van der Waals surface area (Å²) in [5, 5.41) is 14.8. The van der Waals surface area contributed by atoms with E-state index < -0.39 is 0 Å². The van der Waals surface area contributed by atoms with Crippen molar-refractivity contribution >= 4 is 33.5 Å². The molecule has 0 aliphatic rings. The van der Waals surface area contributed by atoms with Gasteiger partial charge < -0.3 is 9.84 Å². The topological polar surface area (TPSA) is 54.7 Å². The quantitative estimate of drug-likeness (QED) is 0.494. The highest BCUT2D eigenvalue weighted by molar-refractivity contribution is 7.13. The Morgan fingerprint density at radius 3 is 2.65 bits per heavy atom. The number of thiazole rings is 1. The van der Waals surface area contributed by atoms with Crippen LogP contribution in [0.5, 0.6) is 11.5 Å². The molecule has 4 nitrogen and oxygen atoms in total. The Bertz CT molecular complexity index is 1080. The third-order valence-corrected chi connectivity index (χ3v) is 4.88. The maximum absolute atomic E-state index is 10.2. The van der Waals surface area contributed by atoms with Crippen LogP contribution in [0.2, 0.25) is 0 Å². The summed E-state index contributed by atoms with van der Waals surface area (Å²) in [4.78, 5) is 9.02. The fourth-order valence-corrected chi connectivity index (χ4v) is 3.43. The van der Waals surface area contributed by atoms with Crippen molar-refractivity contribution in [1.82, 2.24) is 4.98 Å². The van der Waals surface area contributed by atoms with E-state index >= 15 is 0 Å². The number of benzene rings is 3. The number of rotatable bonds is 4. The molecule has 4 rings (SSSR count). The first-order chi connectivity index (χ1) is 12.7. The van der Waals surface area contributed by atoms with E-state index in [4.69, 9.17) is 4.74 Å². The number of phenols is 1. The Morgan fingerprint density at radius 1 is 1.04 bits per heavy atom. The second-order valence-electron chi connectivity index (χ2n) is 5.72. The fraction of sp³-hybridized carbons (Fsp3) is 0.0476. The van der Waals surface area contributed by atoms with Crippen LogP contribution in [0.15, 0.2) is 71.0 Å². The standard InChI is InChI=1S/C21H16N2O2S/c1-25-16-9-6-15(7-10-16)19-13-26-21(23-19)22-12-18-17-5-3-2-4-14(17)8-11-20(18)24/h2-13,24H,1H3/b22-12+. The van der Waals surface area contributed by atoms with Crippen molar-refractivity contribution in [1.29, 1.82) is 0 Å². The van der Waals surface area contributed by atoms with E-state index in [0.29, 0.717) is 10.7 Å². The minimum atomic E-state index is 0.208. The van der Waals surface area contributed by atoms with Crippen molar-refractivity contribution < 1.29 is 9.84 Å². The van der Waals surface area contributed by atoms with Crippen molar-refractivity contribution in [3.63, 3.8) is 0 Å². The number of aromatic hydroxyl groups is 1. The Hall–Kier alpha value is -3.18. The van der Waals surface area contributed by atoms with Crippen LogP contribution in [0.1, 0.15) is 5.56 Å². The van der Waals surface area contributed by atoms with Gasteiger partial charge in [-0.2, -0.15) is 0 Å². The maximum Gasteiger partial charge on any atom is 0.209 e. The third-order valence-electron chi connectivity index (χ3n) is 4.13. The number of nitrogens with zero attached hydrogens (tertiary/aromatic N) is 2. The molecule has 0 unspecified atom stereocenters. The molecule has 128 valence electrons. The van der Waals surface area contributed by atoms with Crippen molar-refractivity contribution in [2.45, 2.75) is 0 Å². The molecule has 4 aromatic rings. The predicted octanol–water partition coefficient (Wildman–Crippen LogP) is 5.43. The summed E-state index contributed by atoms with van der Waals surface area (Å²) in [6, 6.07) is 19.2. The lowest BCUT2D eigenvalue weighted by Gasteiger charge is -2.04. The minimum Gasteiger partial charge on any atom is -0.507 e. The van der Waals surface area contributed by atoms with E-state index in [1.807, 2.05) is 60.0 Å².